The molecule has 1 aliphatic heterocycles. The van der Waals surface area contributed by atoms with Crippen molar-refractivity contribution in [2.45, 2.75) is 25.7 Å². The summed E-state index contributed by atoms with van der Waals surface area (Å²) >= 11 is 0. The molecule has 3 rings (SSSR count). The van der Waals surface area contributed by atoms with Crippen LogP contribution in [0.5, 0.6) is 0 Å². The zero-order valence-electron chi connectivity index (χ0n) is 11.7. The largest absolute Gasteiger partial charge is 0.331 e. The molecule has 19 heavy (non-hydrogen) atoms. The van der Waals surface area contributed by atoms with Gasteiger partial charge in [0.1, 0.15) is 5.82 Å². The van der Waals surface area contributed by atoms with Gasteiger partial charge in [0, 0.05) is 19.5 Å². The maximum atomic E-state index is 4.66. The molecule has 3 nitrogen and oxygen atoms in total. The van der Waals surface area contributed by atoms with Crippen molar-refractivity contribution < 1.29 is 0 Å². The zero-order chi connectivity index (χ0) is 13.2. The molecule has 1 N–H and O–H groups in total. The molecule has 3 heteroatoms. The van der Waals surface area contributed by atoms with E-state index in [1.54, 1.807) is 0 Å². The second-order valence-corrected chi connectivity index (χ2v) is 5.47. The minimum Gasteiger partial charge on any atom is -0.331 e. The van der Waals surface area contributed by atoms with Crippen LogP contribution in [0.4, 0.5) is 0 Å². The fourth-order valence-electron chi connectivity index (χ4n) is 2.87. The summed E-state index contributed by atoms with van der Waals surface area (Å²) in [7, 11) is 2.13. The van der Waals surface area contributed by atoms with Crippen LogP contribution in [0.1, 0.15) is 30.1 Å². The Labute approximate surface area is 114 Å². The predicted molar refractivity (Wildman–Crippen MR) is 78.2 cm³/mol. The number of aryl methyl sites for hydroxylation is 1. The van der Waals surface area contributed by atoms with Gasteiger partial charge in [0.25, 0.3) is 0 Å². The molecule has 0 radical (unpaired) electrons. The van der Waals surface area contributed by atoms with Crippen LogP contribution in [-0.4, -0.2) is 22.6 Å². The molecule has 2 heterocycles. The molecule has 0 bridgehead atoms. The lowest BCUT2D eigenvalue weighted by Gasteiger charge is -2.22. The quantitative estimate of drug-likeness (QED) is 0.894. The van der Waals surface area contributed by atoms with Crippen molar-refractivity contribution >= 4 is 0 Å². The number of piperidine rings is 1. The molecule has 0 spiro atoms. The highest BCUT2D eigenvalue weighted by atomic mass is 15.1. The van der Waals surface area contributed by atoms with Crippen LogP contribution in [0.3, 0.4) is 0 Å². The van der Waals surface area contributed by atoms with Crippen molar-refractivity contribution in [1.82, 2.24) is 14.9 Å². The monoisotopic (exact) mass is 255 g/mol. The van der Waals surface area contributed by atoms with Gasteiger partial charge in [-0.1, -0.05) is 29.8 Å². The van der Waals surface area contributed by atoms with E-state index < -0.39 is 0 Å². The van der Waals surface area contributed by atoms with E-state index in [9.17, 15) is 0 Å². The summed E-state index contributed by atoms with van der Waals surface area (Å²) in [6, 6.07) is 8.67. The number of hydrogen-bond acceptors (Lipinski definition) is 2. The molecule has 2 aromatic rings. The number of nitrogens with one attached hydrogen (secondary N) is 1. The molecule has 1 atom stereocenters. The molecule has 0 aliphatic carbocycles. The van der Waals surface area contributed by atoms with Gasteiger partial charge < -0.3 is 9.88 Å². The lowest BCUT2D eigenvalue weighted by atomic mass is 9.99. The number of imidazole rings is 1. The number of benzene rings is 1. The molecule has 1 aromatic carbocycles. The van der Waals surface area contributed by atoms with Crippen molar-refractivity contribution in [1.29, 1.82) is 0 Å². The van der Waals surface area contributed by atoms with Crippen molar-refractivity contribution in [3.8, 4) is 11.3 Å². The van der Waals surface area contributed by atoms with Crippen LogP contribution in [0.25, 0.3) is 11.3 Å². The van der Waals surface area contributed by atoms with E-state index >= 15 is 0 Å². The normalized spacial score (nSPS) is 19.6. The number of hydrogen-bond donors (Lipinski definition) is 1. The minimum absolute atomic E-state index is 0.554. The first-order chi connectivity index (χ1) is 9.25. The van der Waals surface area contributed by atoms with E-state index in [0.717, 1.165) is 13.1 Å². The fourth-order valence-corrected chi connectivity index (χ4v) is 2.87. The third-order valence-electron chi connectivity index (χ3n) is 4.03. The van der Waals surface area contributed by atoms with Crippen molar-refractivity contribution in [3.05, 3.63) is 41.9 Å². The van der Waals surface area contributed by atoms with E-state index in [0.29, 0.717) is 5.92 Å². The van der Waals surface area contributed by atoms with Crippen LogP contribution in [0.15, 0.2) is 30.5 Å². The number of rotatable bonds is 2. The van der Waals surface area contributed by atoms with Gasteiger partial charge in [0.15, 0.2) is 0 Å². The molecule has 1 unspecified atom stereocenters. The molecule has 1 aromatic heterocycles. The van der Waals surface area contributed by atoms with Crippen LogP contribution in [0.2, 0.25) is 0 Å². The molecule has 0 saturated carbocycles. The topological polar surface area (TPSA) is 29.9 Å². The van der Waals surface area contributed by atoms with Gasteiger partial charge in [-0.3, -0.25) is 0 Å². The van der Waals surface area contributed by atoms with Gasteiger partial charge in [0.05, 0.1) is 11.9 Å². The molecule has 1 saturated heterocycles. The first-order valence-corrected chi connectivity index (χ1v) is 7.05. The number of aromatic nitrogens is 2. The maximum absolute atomic E-state index is 4.66. The predicted octanol–water partition coefficient (Wildman–Crippen LogP) is 2.86. The average Bonchev–Trinajstić information content (AvgIpc) is 2.83. The van der Waals surface area contributed by atoms with E-state index in [1.165, 1.54) is 35.5 Å². The summed E-state index contributed by atoms with van der Waals surface area (Å²) < 4.78 is 2.25. The Hall–Kier alpha value is -1.61. The van der Waals surface area contributed by atoms with Crippen LogP contribution < -0.4 is 5.32 Å². The summed E-state index contributed by atoms with van der Waals surface area (Å²) in [6.07, 6.45) is 4.50. The molecular weight excluding hydrogens is 234 g/mol. The Morgan fingerprint density at radius 2 is 2.05 bits per heavy atom. The highest BCUT2D eigenvalue weighted by Gasteiger charge is 2.20. The summed E-state index contributed by atoms with van der Waals surface area (Å²) in [5.41, 5.74) is 3.75. The Kier molecular flexibility index (Phi) is 3.38. The van der Waals surface area contributed by atoms with Gasteiger partial charge in [-0.05, 0) is 31.9 Å². The van der Waals surface area contributed by atoms with Crippen LogP contribution in [0, 0.1) is 6.92 Å². The standard InChI is InChI=1S/C16H21N3/c1-12-5-7-13(8-6-12)15-11-18-16(19(15)2)14-4-3-9-17-10-14/h5-8,11,14,17H,3-4,9-10H2,1-2H3. The van der Waals surface area contributed by atoms with Crippen molar-refractivity contribution in [3.63, 3.8) is 0 Å². The Bertz CT molecular complexity index is 548. The summed E-state index contributed by atoms with van der Waals surface area (Å²) in [5.74, 6) is 1.76. The lowest BCUT2D eigenvalue weighted by Crippen LogP contribution is -2.29. The molecular formula is C16H21N3. The van der Waals surface area contributed by atoms with E-state index in [2.05, 4.69) is 53.1 Å². The Morgan fingerprint density at radius 3 is 2.74 bits per heavy atom. The smallest absolute Gasteiger partial charge is 0.113 e. The van der Waals surface area contributed by atoms with Gasteiger partial charge in [0.2, 0.25) is 0 Å². The molecule has 1 aliphatic rings. The third kappa shape index (κ3) is 2.43. The molecule has 0 amide bonds. The molecule has 100 valence electrons. The first kappa shape index (κ1) is 12.4. The van der Waals surface area contributed by atoms with E-state index in [4.69, 9.17) is 0 Å². The van der Waals surface area contributed by atoms with Crippen LogP contribution >= 0.6 is 0 Å². The number of nitrogens with zero attached hydrogens (tertiary/aromatic N) is 2. The summed E-state index contributed by atoms with van der Waals surface area (Å²) in [4.78, 5) is 4.66. The minimum atomic E-state index is 0.554. The Balaban J connectivity index is 1.91. The SMILES string of the molecule is Cc1ccc(-c2cnc(C3CCCNC3)n2C)cc1. The van der Waals surface area contributed by atoms with Gasteiger partial charge in [-0.2, -0.15) is 0 Å². The van der Waals surface area contributed by atoms with Gasteiger partial charge >= 0.3 is 0 Å². The third-order valence-corrected chi connectivity index (χ3v) is 4.03. The second kappa shape index (κ2) is 5.17. The lowest BCUT2D eigenvalue weighted by molar-refractivity contribution is 0.439. The van der Waals surface area contributed by atoms with Crippen molar-refractivity contribution in [2.24, 2.45) is 7.05 Å². The highest BCUT2D eigenvalue weighted by Crippen LogP contribution is 2.27. The first-order valence-electron chi connectivity index (χ1n) is 7.05. The zero-order valence-corrected chi connectivity index (χ0v) is 11.7. The fraction of sp³-hybridized carbons (Fsp3) is 0.438. The van der Waals surface area contributed by atoms with Gasteiger partial charge in [-0.25, -0.2) is 4.98 Å². The average molecular weight is 255 g/mol. The van der Waals surface area contributed by atoms with E-state index in [1.807, 2.05) is 6.20 Å². The molecule has 1 fully saturated rings. The highest BCUT2D eigenvalue weighted by molar-refractivity contribution is 5.59. The van der Waals surface area contributed by atoms with Crippen molar-refractivity contribution in [2.75, 3.05) is 13.1 Å². The maximum Gasteiger partial charge on any atom is 0.113 e. The Morgan fingerprint density at radius 1 is 1.26 bits per heavy atom. The second-order valence-electron chi connectivity index (χ2n) is 5.47. The van der Waals surface area contributed by atoms with E-state index in [-0.39, 0.29) is 0 Å². The van der Waals surface area contributed by atoms with Gasteiger partial charge in [-0.15, -0.1) is 0 Å². The van der Waals surface area contributed by atoms with Crippen LogP contribution in [-0.2, 0) is 7.05 Å². The summed E-state index contributed by atoms with van der Waals surface area (Å²) in [5, 5.41) is 3.46. The summed E-state index contributed by atoms with van der Waals surface area (Å²) in [6.45, 7) is 4.32.